The van der Waals surface area contributed by atoms with Crippen LogP contribution in [-0.4, -0.2) is 22.6 Å². The van der Waals surface area contributed by atoms with E-state index in [4.69, 9.17) is 5.11 Å². The Hall–Kier alpha value is -2.52. The summed E-state index contributed by atoms with van der Waals surface area (Å²) in [6, 6.07) is 31.5. The highest BCUT2D eigenvalue weighted by molar-refractivity contribution is 7.99. The van der Waals surface area contributed by atoms with Gasteiger partial charge in [-0.25, -0.2) is 0 Å². The van der Waals surface area contributed by atoms with Crippen molar-refractivity contribution in [2.45, 2.75) is 11.8 Å². The zero-order valence-corrected chi connectivity index (χ0v) is 15.4. The van der Waals surface area contributed by atoms with Crippen LogP contribution in [0.15, 0.2) is 91.0 Å². The first-order chi connectivity index (χ1) is 12.7. The number of hydrogen-bond donors (Lipinski definition) is 1. The molecule has 0 amide bonds. The van der Waals surface area contributed by atoms with Crippen LogP contribution in [0.1, 0.15) is 23.1 Å². The summed E-state index contributed by atoms with van der Waals surface area (Å²) >= 11 is 1.69. The van der Waals surface area contributed by atoms with Crippen LogP contribution in [0.5, 0.6) is 0 Å². The van der Waals surface area contributed by atoms with Gasteiger partial charge >= 0.3 is 5.97 Å². The summed E-state index contributed by atoms with van der Waals surface area (Å²) in [7, 11) is 0. The Bertz CT molecular complexity index is 720. The molecule has 1 N–H and O–H groups in total. The molecule has 0 saturated carbocycles. The van der Waals surface area contributed by atoms with Gasteiger partial charge in [0.2, 0.25) is 0 Å². The van der Waals surface area contributed by atoms with Crippen molar-refractivity contribution in [3.05, 3.63) is 108 Å². The van der Waals surface area contributed by atoms with Crippen molar-refractivity contribution in [2.75, 3.05) is 11.5 Å². The largest absolute Gasteiger partial charge is 0.481 e. The standard InChI is InChI=1S/C23H22O2S/c24-22(25)16-17-26-18-23(19-10-4-1-5-11-19,20-12-6-2-7-13-20)21-14-8-3-9-15-21/h1-15H,16-18H2,(H,24,25). The molecule has 2 nitrogen and oxygen atoms in total. The monoisotopic (exact) mass is 362 g/mol. The summed E-state index contributed by atoms with van der Waals surface area (Å²) in [5.41, 5.74) is 3.35. The fraction of sp³-hybridized carbons (Fsp3) is 0.174. The summed E-state index contributed by atoms with van der Waals surface area (Å²) < 4.78 is 0. The van der Waals surface area contributed by atoms with Crippen LogP contribution in [0.2, 0.25) is 0 Å². The molecule has 0 fully saturated rings. The maximum absolute atomic E-state index is 10.9. The minimum atomic E-state index is -0.748. The Morgan fingerprint density at radius 3 is 1.46 bits per heavy atom. The van der Waals surface area contributed by atoms with Crippen molar-refractivity contribution in [3.8, 4) is 0 Å². The van der Waals surface area contributed by atoms with Gasteiger partial charge in [-0.15, -0.1) is 0 Å². The first-order valence-electron chi connectivity index (χ1n) is 8.69. The molecule has 0 bridgehead atoms. The van der Waals surface area contributed by atoms with E-state index in [9.17, 15) is 4.79 Å². The number of carbonyl (C=O) groups is 1. The smallest absolute Gasteiger partial charge is 0.304 e. The zero-order chi connectivity index (χ0) is 18.2. The van der Waals surface area contributed by atoms with E-state index in [1.54, 1.807) is 11.8 Å². The average molecular weight is 362 g/mol. The molecule has 0 aliphatic rings. The van der Waals surface area contributed by atoms with Crippen molar-refractivity contribution in [1.82, 2.24) is 0 Å². The Morgan fingerprint density at radius 1 is 0.731 bits per heavy atom. The quantitative estimate of drug-likeness (QED) is 0.440. The lowest BCUT2D eigenvalue weighted by atomic mass is 9.71. The minimum absolute atomic E-state index is 0.180. The molecular weight excluding hydrogens is 340 g/mol. The van der Waals surface area contributed by atoms with Gasteiger partial charge in [-0.1, -0.05) is 91.0 Å². The van der Waals surface area contributed by atoms with E-state index in [-0.39, 0.29) is 11.8 Å². The Kier molecular flexibility index (Phi) is 6.13. The van der Waals surface area contributed by atoms with Gasteiger partial charge in [0.05, 0.1) is 11.8 Å². The highest BCUT2D eigenvalue weighted by Crippen LogP contribution is 2.41. The van der Waals surface area contributed by atoms with E-state index in [1.807, 2.05) is 18.2 Å². The molecule has 26 heavy (non-hydrogen) atoms. The lowest BCUT2D eigenvalue weighted by Crippen LogP contribution is -2.32. The van der Waals surface area contributed by atoms with Crippen molar-refractivity contribution >= 4 is 17.7 Å². The van der Waals surface area contributed by atoms with Gasteiger partial charge in [0.1, 0.15) is 0 Å². The molecule has 132 valence electrons. The number of benzene rings is 3. The predicted molar refractivity (Wildman–Crippen MR) is 109 cm³/mol. The number of hydrogen-bond acceptors (Lipinski definition) is 2. The van der Waals surface area contributed by atoms with Crippen LogP contribution in [0.4, 0.5) is 0 Å². The van der Waals surface area contributed by atoms with Crippen LogP contribution in [0, 0.1) is 0 Å². The number of thioether (sulfide) groups is 1. The fourth-order valence-electron chi connectivity index (χ4n) is 3.30. The summed E-state index contributed by atoms with van der Waals surface area (Å²) in [6.45, 7) is 0. The third-order valence-corrected chi connectivity index (χ3v) is 5.71. The molecule has 0 atom stereocenters. The fourth-order valence-corrected chi connectivity index (χ4v) is 4.57. The van der Waals surface area contributed by atoms with E-state index in [0.29, 0.717) is 5.75 Å². The van der Waals surface area contributed by atoms with Crippen LogP contribution < -0.4 is 0 Å². The van der Waals surface area contributed by atoms with Crippen LogP contribution in [0.3, 0.4) is 0 Å². The molecular formula is C23H22O2S. The summed E-state index contributed by atoms with van der Waals surface area (Å²) in [6.07, 6.45) is 0.180. The number of carboxylic acid groups (broad SMARTS) is 1. The SMILES string of the molecule is O=C(O)CCSCC(c1ccccc1)(c1ccccc1)c1ccccc1. The number of rotatable bonds is 8. The van der Waals surface area contributed by atoms with Crippen molar-refractivity contribution < 1.29 is 9.90 Å². The predicted octanol–water partition coefficient (Wildman–Crippen LogP) is 5.23. The molecule has 0 radical (unpaired) electrons. The highest BCUT2D eigenvalue weighted by Gasteiger charge is 2.36. The van der Waals surface area contributed by atoms with E-state index < -0.39 is 5.97 Å². The molecule has 0 aromatic heterocycles. The third kappa shape index (κ3) is 4.00. The Labute approximate surface area is 158 Å². The molecule has 0 unspecified atom stereocenters. The van der Waals surface area contributed by atoms with Gasteiger partial charge in [-0.05, 0) is 16.7 Å². The first-order valence-corrected chi connectivity index (χ1v) is 9.85. The molecule has 0 saturated heterocycles. The molecule has 3 aromatic rings. The maximum Gasteiger partial charge on any atom is 0.304 e. The molecule has 0 heterocycles. The Morgan fingerprint density at radius 2 is 1.12 bits per heavy atom. The van der Waals surface area contributed by atoms with Crippen LogP contribution in [0.25, 0.3) is 0 Å². The summed E-state index contributed by atoms with van der Waals surface area (Å²) in [5.74, 6) is 0.643. The normalized spacial score (nSPS) is 11.2. The summed E-state index contributed by atoms with van der Waals surface area (Å²) in [5, 5.41) is 8.98. The second kappa shape index (κ2) is 8.72. The van der Waals surface area contributed by atoms with Gasteiger partial charge in [0.25, 0.3) is 0 Å². The van der Waals surface area contributed by atoms with Crippen molar-refractivity contribution in [3.63, 3.8) is 0 Å². The highest BCUT2D eigenvalue weighted by atomic mass is 32.2. The number of carboxylic acids is 1. The van der Waals surface area contributed by atoms with Gasteiger partial charge in [0.15, 0.2) is 0 Å². The van der Waals surface area contributed by atoms with Gasteiger partial charge in [-0.3, -0.25) is 4.79 Å². The lowest BCUT2D eigenvalue weighted by Gasteiger charge is -2.36. The molecule has 3 aromatic carbocycles. The van der Waals surface area contributed by atoms with Gasteiger partial charge < -0.3 is 5.11 Å². The Balaban J connectivity index is 2.10. The first kappa shape index (κ1) is 18.3. The van der Waals surface area contributed by atoms with Crippen LogP contribution in [-0.2, 0) is 10.2 Å². The van der Waals surface area contributed by atoms with Gasteiger partial charge in [-0.2, -0.15) is 11.8 Å². The van der Waals surface area contributed by atoms with Gasteiger partial charge in [0, 0.05) is 11.5 Å². The maximum atomic E-state index is 10.9. The second-order valence-corrected chi connectivity index (χ2v) is 7.30. The van der Waals surface area contributed by atoms with E-state index in [2.05, 4.69) is 72.8 Å². The molecule has 0 aliphatic heterocycles. The molecule has 0 aliphatic carbocycles. The topological polar surface area (TPSA) is 37.3 Å². The molecule has 0 spiro atoms. The minimum Gasteiger partial charge on any atom is -0.481 e. The van der Waals surface area contributed by atoms with E-state index in [1.165, 1.54) is 16.7 Å². The average Bonchev–Trinajstić information content (AvgIpc) is 2.70. The van der Waals surface area contributed by atoms with Crippen LogP contribution >= 0.6 is 11.8 Å². The second-order valence-electron chi connectivity index (χ2n) is 6.20. The molecule has 3 rings (SSSR count). The van der Waals surface area contributed by atoms with E-state index in [0.717, 1.165) is 5.75 Å². The van der Waals surface area contributed by atoms with E-state index >= 15 is 0 Å². The lowest BCUT2D eigenvalue weighted by molar-refractivity contribution is -0.136. The third-order valence-electron chi connectivity index (χ3n) is 4.58. The summed E-state index contributed by atoms with van der Waals surface area (Å²) in [4.78, 5) is 10.9. The van der Waals surface area contributed by atoms with Crippen molar-refractivity contribution in [1.29, 1.82) is 0 Å². The molecule has 3 heteroatoms. The number of aliphatic carboxylic acids is 1. The van der Waals surface area contributed by atoms with Crippen molar-refractivity contribution in [2.24, 2.45) is 0 Å². The zero-order valence-electron chi connectivity index (χ0n) is 14.5.